The molecule has 0 saturated heterocycles. The Morgan fingerprint density at radius 3 is 2.31 bits per heavy atom. The van der Waals surface area contributed by atoms with Crippen molar-refractivity contribution in [2.24, 2.45) is 0 Å². The Balaban J connectivity index is 2.07. The molecule has 3 rings (SSSR count). The zero-order chi connectivity index (χ0) is 28.6. The van der Waals surface area contributed by atoms with Crippen LogP contribution in [0.25, 0.3) is 0 Å². The van der Waals surface area contributed by atoms with Gasteiger partial charge in [-0.2, -0.15) is 0 Å². The topological polar surface area (TPSA) is 96.0 Å². The van der Waals surface area contributed by atoms with Crippen molar-refractivity contribution in [1.29, 1.82) is 0 Å². The first kappa shape index (κ1) is 30.0. The van der Waals surface area contributed by atoms with Crippen LogP contribution in [0.1, 0.15) is 31.4 Å². The highest BCUT2D eigenvalue weighted by Gasteiger charge is 2.33. The van der Waals surface area contributed by atoms with E-state index in [1.807, 2.05) is 26.0 Å². The molecule has 2 amide bonds. The molecular formula is C29H34ClN3O5S. The molecule has 0 spiro atoms. The number of anilines is 1. The minimum absolute atomic E-state index is 0.00341. The summed E-state index contributed by atoms with van der Waals surface area (Å²) in [6, 6.07) is 19.1. The first-order valence-corrected chi connectivity index (χ1v) is 14.5. The molecule has 0 aliphatic rings. The molecular weight excluding hydrogens is 538 g/mol. The lowest BCUT2D eigenvalue weighted by Gasteiger charge is -2.33. The largest absolute Gasteiger partial charge is 0.497 e. The van der Waals surface area contributed by atoms with Crippen LogP contribution in [-0.4, -0.2) is 51.4 Å². The van der Waals surface area contributed by atoms with E-state index in [2.05, 4.69) is 5.32 Å². The minimum atomic E-state index is -4.16. The van der Waals surface area contributed by atoms with Gasteiger partial charge in [0.1, 0.15) is 18.3 Å². The first-order chi connectivity index (χ1) is 18.6. The van der Waals surface area contributed by atoms with E-state index in [-0.39, 0.29) is 17.3 Å². The van der Waals surface area contributed by atoms with Gasteiger partial charge in [0.25, 0.3) is 10.0 Å². The molecule has 3 aromatic carbocycles. The van der Waals surface area contributed by atoms with Crippen LogP contribution in [0.15, 0.2) is 77.7 Å². The van der Waals surface area contributed by atoms with Gasteiger partial charge in [0.2, 0.25) is 11.8 Å². The van der Waals surface area contributed by atoms with Gasteiger partial charge in [-0.1, -0.05) is 42.8 Å². The van der Waals surface area contributed by atoms with E-state index >= 15 is 0 Å². The zero-order valence-corrected chi connectivity index (χ0v) is 24.1. The fourth-order valence-corrected chi connectivity index (χ4v) is 5.76. The molecule has 1 atom stereocenters. The highest BCUT2D eigenvalue weighted by Crippen LogP contribution is 2.26. The lowest BCUT2D eigenvalue weighted by atomic mass is 10.1. The fourth-order valence-electron chi connectivity index (χ4n) is 4.22. The van der Waals surface area contributed by atoms with Crippen LogP contribution in [0, 0.1) is 6.92 Å². The van der Waals surface area contributed by atoms with E-state index in [1.54, 1.807) is 50.4 Å². The third-order valence-corrected chi connectivity index (χ3v) is 8.23. The van der Waals surface area contributed by atoms with Crippen molar-refractivity contribution < 1.29 is 22.7 Å². The number of halogens is 1. The Hall–Kier alpha value is -3.56. The second-order valence-corrected chi connectivity index (χ2v) is 11.3. The van der Waals surface area contributed by atoms with Crippen molar-refractivity contribution in [1.82, 2.24) is 10.2 Å². The van der Waals surface area contributed by atoms with Gasteiger partial charge < -0.3 is 15.0 Å². The molecule has 0 bridgehead atoms. The Morgan fingerprint density at radius 1 is 1.00 bits per heavy atom. The number of likely N-dealkylation sites (N-methyl/N-ethyl adjacent to an activating group) is 1. The number of methoxy groups -OCH3 is 1. The summed E-state index contributed by atoms with van der Waals surface area (Å²) < 4.78 is 34.1. The molecule has 3 aromatic rings. The Labute approximate surface area is 235 Å². The van der Waals surface area contributed by atoms with Crippen molar-refractivity contribution in [3.8, 4) is 5.75 Å². The van der Waals surface area contributed by atoms with Crippen molar-refractivity contribution in [2.45, 2.75) is 44.7 Å². The molecule has 208 valence electrons. The third-order valence-electron chi connectivity index (χ3n) is 6.19. The van der Waals surface area contributed by atoms with Crippen LogP contribution < -0.4 is 14.4 Å². The molecule has 0 aliphatic heterocycles. The second kappa shape index (κ2) is 13.5. The minimum Gasteiger partial charge on any atom is -0.497 e. The summed E-state index contributed by atoms with van der Waals surface area (Å²) in [6.07, 6.45) is 0.343. The quantitative estimate of drug-likeness (QED) is 0.337. The fraction of sp³-hybridized carbons (Fsp3) is 0.310. The first-order valence-electron chi connectivity index (χ1n) is 12.7. The molecule has 0 heterocycles. The lowest BCUT2D eigenvalue weighted by molar-refractivity contribution is -0.140. The average Bonchev–Trinajstić information content (AvgIpc) is 2.92. The van der Waals surface area contributed by atoms with E-state index in [1.165, 1.54) is 29.2 Å². The Morgan fingerprint density at radius 2 is 1.69 bits per heavy atom. The number of rotatable bonds is 12. The van der Waals surface area contributed by atoms with E-state index in [4.69, 9.17) is 16.3 Å². The molecule has 10 heteroatoms. The maximum Gasteiger partial charge on any atom is 0.264 e. The zero-order valence-electron chi connectivity index (χ0n) is 22.6. The van der Waals surface area contributed by atoms with Crippen molar-refractivity contribution in [3.05, 3.63) is 88.9 Å². The van der Waals surface area contributed by atoms with Crippen molar-refractivity contribution >= 4 is 39.1 Å². The van der Waals surface area contributed by atoms with Gasteiger partial charge in [-0.25, -0.2) is 8.42 Å². The van der Waals surface area contributed by atoms with Crippen LogP contribution in [0.4, 0.5) is 5.69 Å². The van der Waals surface area contributed by atoms with Crippen LogP contribution in [0.3, 0.4) is 0 Å². The van der Waals surface area contributed by atoms with E-state index in [9.17, 15) is 18.0 Å². The van der Waals surface area contributed by atoms with E-state index in [0.29, 0.717) is 29.4 Å². The van der Waals surface area contributed by atoms with Crippen LogP contribution in [0.2, 0.25) is 5.02 Å². The molecule has 8 nitrogen and oxygen atoms in total. The molecule has 39 heavy (non-hydrogen) atoms. The Kier molecular flexibility index (Phi) is 10.4. The number of sulfonamides is 1. The van der Waals surface area contributed by atoms with Gasteiger partial charge in [0, 0.05) is 18.1 Å². The normalized spacial score (nSPS) is 11.9. The lowest BCUT2D eigenvalue weighted by Crippen LogP contribution is -2.52. The molecule has 0 fully saturated rings. The summed E-state index contributed by atoms with van der Waals surface area (Å²) in [4.78, 5) is 28.4. The molecule has 0 radical (unpaired) electrons. The number of hydrogen-bond donors (Lipinski definition) is 1. The van der Waals surface area contributed by atoms with Crippen LogP contribution in [0.5, 0.6) is 5.75 Å². The Bertz CT molecular complexity index is 1400. The number of hydrogen-bond acceptors (Lipinski definition) is 5. The third kappa shape index (κ3) is 7.52. The van der Waals surface area contributed by atoms with Gasteiger partial charge in [-0.15, -0.1) is 0 Å². The number of ether oxygens (including phenoxy) is 1. The molecule has 0 unspecified atom stereocenters. The summed E-state index contributed by atoms with van der Waals surface area (Å²) in [5.41, 5.74) is 1.91. The smallest absolute Gasteiger partial charge is 0.264 e. The SMILES string of the molecule is CCNC(=O)[C@H](CC)N(Cc1cccc(OC)c1)C(=O)CN(c1cccc(C)c1)S(=O)(=O)c1ccc(Cl)cc1. The number of carbonyl (C=O) groups is 2. The summed E-state index contributed by atoms with van der Waals surface area (Å²) in [6.45, 7) is 5.45. The summed E-state index contributed by atoms with van der Waals surface area (Å²) in [7, 11) is -2.61. The van der Waals surface area contributed by atoms with Gasteiger partial charge in [-0.3, -0.25) is 13.9 Å². The predicted molar refractivity (Wildman–Crippen MR) is 153 cm³/mol. The number of benzene rings is 3. The van der Waals surface area contributed by atoms with Crippen LogP contribution in [-0.2, 0) is 26.2 Å². The van der Waals surface area contributed by atoms with Gasteiger partial charge >= 0.3 is 0 Å². The standard InChI is InChI=1S/C29H34ClN3O5S/c1-5-27(29(35)31-6-2)32(19-22-10-8-12-25(18-22)38-4)28(34)20-33(24-11-7-9-21(3)17-24)39(36,37)26-15-13-23(30)14-16-26/h7-18,27H,5-6,19-20H2,1-4H3,(H,31,35)/t27-/m0/s1. The summed E-state index contributed by atoms with van der Waals surface area (Å²) in [5.74, 6) is -0.216. The maximum absolute atomic E-state index is 14.0. The van der Waals surface area contributed by atoms with Gasteiger partial charge in [0.15, 0.2) is 0 Å². The van der Waals surface area contributed by atoms with Gasteiger partial charge in [0.05, 0.1) is 17.7 Å². The summed E-state index contributed by atoms with van der Waals surface area (Å²) >= 11 is 5.99. The number of nitrogens with one attached hydrogen (secondary N) is 1. The number of carbonyl (C=O) groups excluding carboxylic acids is 2. The molecule has 0 aromatic heterocycles. The maximum atomic E-state index is 14.0. The van der Waals surface area contributed by atoms with Gasteiger partial charge in [-0.05, 0) is 79.9 Å². The highest BCUT2D eigenvalue weighted by molar-refractivity contribution is 7.92. The second-order valence-electron chi connectivity index (χ2n) is 9.00. The number of nitrogens with zero attached hydrogens (tertiary/aromatic N) is 2. The predicted octanol–water partition coefficient (Wildman–Crippen LogP) is 4.80. The van der Waals surface area contributed by atoms with E-state index in [0.717, 1.165) is 15.4 Å². The highest BCUT2D eigenvalue weighted by atomic mass is 35.5. The average molecular weight is 572 g/mol. The van der Waals surface area contributed by atoms with Crippen molar-refractivity contribution in [3.63, 3.8) is 0 Å². The number of aryl methyl sites for hydroxylation is 1. The van der Waals surface area contributed by atoms with Crippen molar-refractivity contribution in [2.75, 3.05) is 24.5 Å². The summed E-state index contributed by atoms with van der Waals surface area (Å²) in [5, 5.41) is 3.19. The molecule has 0 saturated carbocycles. The van der Waals surface area contributed by atoms with Crippen LogP contribution >= 0.6 is 11.6 Å². The molecule has 1 N–H and O–H groups in total. The van der Waals surface area contributed by atoms with E-state index < -0.39 is 28.5 Å². The monoisotopic (exact) mass is 571 g/mol. The number of amides is 2. The molecule has 0 aliphatic carbocycles.